The number of amides is 1. The molecule has 18 heavy (non-hydrogen) atoms. The summed E-state index contributed by atoms with van der Waals surface area (Å²) < 4.78 is 18.7. The minimum atomic E-state index is -0.974. The van der Waals surface area contributed by atoms with Crippen molar-refractivity contribution in [1.29, 1.82) is 0 Å². The third-order valence-corrected chi connectivity index (χ3v) is 3.43. The number of benzene rings is 1. The van der Waals surface area contributed by atoms with Gasteiger partial charge < -0.3 is 16.2 Å². The van der Waals surface area contributed by atoms with E-state index in [1.807, 2.05) is 0 Å². The molecule has 4 nitrogen and oxygen atoms in total. The second kappa shape index (κ2) is 4.57. The molecule has 1 aromatic rings. The monoisotopic (exact) mass is 252 g/mol. The lowest BCUT2D eigenvalue weighted by atomic mass is 9.99. The highest BCUT2D eigenvalue weighted by Crippen LogP contribution is 2.31. The van der Waals surface area contributed by atoms with Crippen LogP contribution in [0.4, 0.5) is 4.39 Å². The highest BCUT2D eigenvalue weighted by molar-refractivity contribution is 5.84. The summed E-state index contributed by atoms with van der Waals surface area (Å²) >= 11 is 0. The molecule has 98 valence electrons. The molecule has 5 heteroatoms. The second-order valence-corrected chi connectivity index (χ2v) is 4.91. The van der Waals surface area contributed by atoms with Crippen LogP contribution in [0, 0.1) is 12.7 Å². The van der Waals surface area contributed by atoms with Crippen molar-refractivity contribution in [1.82, 2.24) is 0 Å². The van der Waals surface area contributed by atoms with E-state index in [-0.39, 0.29) is 11.9 Å². The molecule has 2 unspecified atom stereocenters. The highest BCUT2D eigenvalue weighted by atomic mass is 19.1. The van der Waals surface area contributed by atoms with Gasteiger partial charge in [0.15, 0.2) is 0 Å². The lowest BCUT2D eigenvalue weighted by molar-refractivity contribution is -0.123. The number of hydrogen-bond donors (Lipinski definition) is 2. The molecule has 0 aliphatic heterocycles. The zero-order chi connectivity index (χ0) is 13.3. The molecule has 4 N–H and O–H groups in total. The van der Waals surface area contributed by atoms with Crippen molar-refractivity contribution in [3.63, 3.8) is 0 Å². The van der Waals surface area contributed by atoms with E-state index >= 15 is 0 Å². The van der Waals surface area contributed by atoms with Crippen LogP contribution in [0.2, 0.25) is 0 Å². The Morgan fingerprint density at radius 1 is 1.56 bits per heavy atom. The van der Waals surface area contributed by atoms with Gasteiger partial charge in [-0.3, -0.25) is 4.79 Å². The van der Waals surface area contributed by atoms with Gasteiger partial charge >= 0.3 is 0 Å². The molecular formula is C13H17FN2O2. The normalized spacial score (nSPS) is 27.2. The summed E-state index contributed by atoms with van der Waals surface area (Å²) in [6.45, 7) is 1.77. The summed E-state index contributed by atoms with van der Waals surface area (Å²) in [5.41, 5.74) is 10.9. The molecule has 1 aliphatic rings. The molecule has 1 fully saturated rings. The predicted octanol–water partition coefficient (Wildman–Crippen LogP) is 1.25. The van der Waals surface area contributed by atoms with E-state index in [4.69, 9.17) is 16.2 Å². The Hall–Kier alpha value is -1.62. The fourth-order valence-electron chi connectivity index (χ4n) is 2.28. The van der Waals surface area contributed by atoms with Gasteiger partial charge in [-0.15, -0.1) is 0 Å². The van der Waals surface area contributed by atoms with Crippen LogP contribution in [0.15, 0.2) is 18.2 Å². The van der Waals surface area contributed by atoms with E-state index in [1.54, 1.807) is 13.0 Å². The highest BCUT2D eigenvalue weighted by Gasteiger charge is 2.41. The van der Waals surface area contributed by atoms with Gasteiger partial charge in [0.25, 0.3) is 0 Å². The summed E-state index contributed by atoms with van der Waals surface area (Å²) in [6.07, 6.45) is 1.45. The number of carbonyl (C=O) groups excluding carboxylic acids is 1. The number of aryl methyl sites for hydroxylation is 1. The van der Waals surface area contributed by atoms with Gasteiger partial charge in [-0.2, -0.15) is 0 Å². The Morgan fingerprint density at radius 2 is 2.28 bits per heavy atom. The molecule has 0 heterocycles. The lowest BCUT2D eigenvalue weighted by Gasteiger charge is -2.20. The van der Waals surface area contributed by atoms with Crippen molar-refractivity contribution in [3.8, 4) is 5.75 Å². The first-order valence-electron chi connectivity index (χ1n) is 5.92. The van der Waals surface area contributed by atoms with Crippen molar-refractivity contribution in [3.05, 3.63) is 29.6 Å². The number of primary amides is 1. The molecule has 2 rings (SSSR count). The van der Waals surface area contributed by atoms with Gasteiger partial charge in [0.05, 0.1) is 5.54 Å². The molecule has 1 saturated carbocycles. The van der Waals surface area contributed by atoms with E-state index < -0.39 is 11.4 Å². The quantitative estimate of drug-likeness (QED) is 0.849. The zero-order valence-electron chi connectivity index (χ0n) is 10.3. The predicted molar refractivity (Wildman–Crippen MR) is 65.5 cm³/mol. The summed E-state index contributed by atoms with van der Waals surface area (Å²) in [5.74, 6) is -0.170. The number of ether oxygens (including phenoxy) is 1. The van der Waals surface area contributed by atoms with E-state index in [9.17, 15) is 9.18 Å². The SMILES string of the molecule is Cc1cc(F)ccc1OC1CCC(N)(C(N)=O)C1. The summed E-state index contributed by atoms with van der Waals surface area (Å²) in [5, 5.41) is 0. The van der Waals surface area contributed by atoms with Crippen LogP contribution in [0.25, 0.3) is 0 Å². The van der Waals surface area contributed by atoms with E-state index in [2.05, 4.69) is 0 Å². The smallest absolute Gasteiger partial charge is 0.237 e. The van der Waals surface area contributed by atoms with Crippen molar-refractivity contribution in [2.75, 3.05) is 0 Å². The molecule has 1 amide bonds. The molecule has 0 spiro atoms. The fourth-order valence-corrected chi connectivity index (χ4v) is 2.28. The maximum Gasteiger partial charge on any atom is 0.237 e. The van der Waals surface area contributed by atoms with Crippen molar-refractivity contribution < 1.29 is 13.9 Å². The largest absolute Gasteiger partial charge is 0.490 e. The summed E-state index contributed by atoms with van der Waals surface area (Å²) in [7, 11) is 0. The zero-order valence-corrected chi connectivity index (χ0v) is 10.3. The van der Waals surface area contributed by atoms with Gasteiger partial charge in [0, 0.05) is 6.42 Å². The van der Waals surface area contributed by atoms with Crippen LogP contribution >= 0.6 is 0 Å². The fraction of sp³-hybridized carbons (Fsp3) is 0.462. The minimum absolute atomic E-state index is 0.147. The molecular weight excluding hydrogens is 235 g/mol. The van der Waals surface area contributed by atoms with Gasteiger partial charge in [-0.05, 0) is 43.5 Å². The topological polar surface area (TPSA) is 78.3 Å². The van der Waals surface area contributed by atoms with Crippen LogP contribution in [-0.4, -0.2) is 17.6 Å². The van der Waals surface area contributed by atoms with Crippen molar-refractivity contribution in [2.24, 2.45) is 11.5 Å². The number of halogens is 1. The average molecular weight is 252 g/mol. The Labute approximate surface area is 105 Å². The first kappa shape index (κ1) is 12.8. The van der Waals surface area contributed by atoms with Crippen LogP contribution in [-0.2, 0) is 4.79 Å². The second-order valence-electron chi connectivity index (χ2n) is 4.91. The third-order valence-electron chi connectivity index (χ3n) is 3.43. The third kappa shape index (κ3) is 2.46. The van der Waals surface area contributed by atoms with Crippen LogP contribution in [0.3, 0.4) is 0 Å². The maximum absolute atomic E-state index is 13.0. The molecule has 0 radical (unpaired) electrons. The Bertz CT molecular complexity index is 478. The van der Waals surface area contributed by atoms with Gasteiger partial charge in [-0.1, -0.05) is 0 Å². The van der Waals surface area contributed by atoms with Gasteiger partial charge in [0.1, 0.15) is 17.7 Å². The van der Waals surface area contributed by atoms with Crippen molar-refractivity contribution >= 4 is 5.91 Å². The van der Waals surface area contributed by atoms with Gasteiger partial charge in [-0.25, -0.2) is 4.39 Å². The first-order valence-corrected chi connectivity index (χ1v) is 5.92. The lowest BCUT2D eigenvalue weighted by Crippen LogP contribution is -2.50. The van der Waals surface area contributed by atoms with Crippen molar-refractivity contribution in [2.45, 2.75) is 37.8 Å². The van der Waals surface area contributed by atoms with E-state index in [1.165, 1.54) is 12.1 Å². The van der Waals surface area contributed by atoms with Crippen LogP contribution < -0.4 is 16.2 Å². The average Bonchev–Trinajstić information content (AvgIpc) is 2.66. The van der Waals surface area contributed by atoms with Gasteiger partial charge in [0.2, 0.25) is 5.91 Å². The molecule has 0 bridgehead atoms. The molecule has 1 aromatic carbocycles. The molecule has 1 aliphatic carbocycles. The minimum Gasteiger partial charge on any atom is -0.490 e. The Morgan fingerprint density at radius 3 is 2.83 bits per heavy atom. The van der Waals surface area contributed by atoms with Crippen LogP contribution in [0.5, 0.6) is 5.75 Å². The first-order chi connectivity index (χ1) is 8.40. The molecule has 0 aromatic heterocycles. The van der Waals surface area contributed by atoms with E-state index in [0.29, 0.717) is 25.0 Å². The number of nitrogens with two attached hydrogens (primary N) is 2. The van der Waals surface area contributed by atoms with E-state index in [0.717, 1.165) is 5.56 Å². The summed E-state index contributed by atoms with van der Waals surface area (Å²) in [4.78, 5) is 11.2. The summed E-state index contributed by atoms with van der Waals surface area (Å²) in [6, 6.07) is 4.35. The maximum atomic E-state index is 13.0. The standard InChI is InChI=1S/C13H17FN2O2/c1-8-6-9(14)2-3-11(8)18-10-4-5-13(16,7-10)12(15)17/h2-3,6,10H,4-5,7,16H2,1H3,(H2,15,17). The number of hydrogen-bond acceptors (Lipinski definition) is 3. The number of carbonyl (C=O) groups is 1. The molecule has 2 atom stereocenters. The number of rotatable bonds is 3. The Balaban J connectivity index is 2.06. The Kier molecular flexibility index (Phi) is 3.26. The molecule has 0 saturated heterocycles. The van der Waals surface area contributed by atoms with Crippen LogP contribution in [0.1, 0.15) is 24.8 Å².